The minimum Gasteiger partial charge on any atom is -0.494 e. The number of aryl methyl sites for hydroxylation is 1. The summed E-state index contributed by atoms with van der Waals surface area (Å²) in [7, 11) is 0. The van der Waals surface area contributed by atoms with Crippen LogP contribution in [0.15, 0.2) is 18.2 Å². The van der Waals surface area contributed by atoms with E-state index in [-0.39, 0.29) is 0 Å². The third kappa shape index (κ3) is 4.51. The van der Waals surface area contributed by atoms with Crippen LogP contribution in [0.4, 0.5) is 0 Å². The number of benzene rings is 1. The molecule has 1 aliphatic heterocycles. The van der Waals surface area contributed by atoms with Gasteiger partial charge in [-0.1, -0.05) is 12.1 Å². The van der Waals surface area contributed by atoms with Crippen molar-refractivity contribution in [1.82, 2.24) is 10.6 Å². The van der Waals surface area contributed by atoms with E-state index in [1.54, 1.807) is 0 Å². The van der Waals surface area contributed by atoms with Crippen molar-refractivity contribution in [3.8, 4) is 5.75 Å². The molecule has 3 heteroatoms. The quantitative estimate of drug-likeness (QED) is 0.825. The first-order valence-corrected chi connectivity index (χ1v) is 7.46. The molecule has 0 atom stereocenters. The van der Waals surface area contributed by atoms with Crippen molar-refractivity contribution in [3.05, 3.63) is 29.3 Å². The summed E-state index contributed by atoms with van der Waals surface area (Å²) in [5, 5.41) is 7.05. The van der Waals surface area contributed by atoms with E-state index in [0.717, 1.165) is 38.4 Å². The van der Waals surface area contributed by atoms with E-state index in [1.165, 1.54) is 24.0 Å². The first-order chi connectivity index (χ1) is 9.29. The molecule has 0 aliphatic carbocycles. The average molecular weight is 262 g/mol. The molecular weight excluding hydrogens is 236 g/mol. The van der Waals surface area contributed by atoms with Crippen molar-refractivity contribution in [2.75, 3.05) is 26.2 Å². The van der Waals surface area contributed by atoms with Gasteiger partial charge < -0.3 is 15.4 Å². The number of hydrogen-bond acceptors (Lipinski definition) is 3. The topological polar surface area (TPSA) is 33.3 Å². The largest absolute Gasteiger partial charge is 0.494 e. The first-order valence-electron chi connectivity index (χ1n) is 7.46. The molecule has 3 nitrogen and oxygen atoms in total. The highest BCUT2D eigenvalue weighted by Crippen LogP contribution is 2.19. The van der Waals surface area contributed by atoms with Gasteiger partial charge in [-0.2, -0.15) is 0 Å². The van der Waals surface area contributed by atoms with E-state index in [4.69, 9.17) is 4.74 Å². The fourth-order valence-corrected chi connectivity index (χ4v) is 2.63. The molecule has 1 aromatic rings. The number of rotatable bonds is 6. The van der Waals surface area contributed by atoms with Gasteiger partial charge in [-0.15, -0.1) is 0 Å². The van der Waals surface area contributed by atoms with E-state index >= 15 is 0 Å². The van der Waals surface area contributed by atoms with E-state index in [1.807, 2.05) is 6.92 Å². The van der Waals surface area contributed by atoms with Crippen LogP contribution in [-0.2, 0) is 6.42 Å². The number of hydrogen-bond donors (Lipinski definition) is 2. The second-order valence-electron chi connectivity index (χ2n) is 5.26. The Balaban J connectivity index is 1.77. The molecule has 1 fully saturated rings. The SMILES string of the molecule is CCOc1ccc(CCNC2CCNCC2)cc1C. The van der Waals surface area contributed by atoms with E-state index in [0.29, 0.717) is 6.04 Å². The lowest BCUT2D eigenvalue weighted by Gasteiger charge is -2.23. The molecule has 0 saturated carbocycles. The van der Waals surface area contributed by atoms with Crippen LogP contribution in [0.25, 0.3) is 0 Å². The van der Waals surface area contributed by atoms with Crippen LogP contribution in [0.1, 0.15) is 30.9 Å². The van der Waals surface area contributed by atoms with Crippen LogP contribution < -0.4 is 15.4 Å². The summed E-state index contributed by atoms with van der Waals surface area (Å²) < 4.78 is 5.57. The van der Waals surface area contributed by atoms with Crippen LogP contribution in [0.5, 0.6) is 5.75 Å². The zero-order valence-corrected chi connectivity index (χ0v) is 12.2. The predicted molar refractivity (Wildman–Crippen MR) is 79.9 cm³/mol. The van der Waals surface area contributed by atoms with E-state index in [9.17, 15) is 0 Å². The molecular formula is C16H26N2O. The summed E-state index contributed by atoms with van der Waals surface area (Å²) in [6, 6.07) is 7.22. The molecule has 1 aromatic carbocycles. The van der Waals surface area contributed by atoms with Crippen LogP contribution in [-0.4, -0.2) is 32.3 Å². The van der Waals surface area contributed by atoms with Gasteiger partial charge in [-0.05, 0) is 69.9 Å². The summed E-state index contributed by atoms with van der Waals surface area (Å²) in [5.74, 6) is 1.01. The van der Waals surface area contributed by atoms with Crippen molar-refractivity contribution >= 4 is 0 Å². The summed E-state index contributed by atoms with van der Waals surface area (Å²) in [4.78, 5) is 0. The third-order valence-corrected chi connectivity index (χ3v) is 3.73. The van der Waals surface area contributed by atoms with Gasteiger partial charge >= 0.3 is 0 Å². The molecule has 0 unspecified atom stereocenters. The minimum absolute atomic E-state index is 0.699. The highest BCUT2D eigenvalue weighted by molar-refractivity contribution is 5.36. The van der Waals surface area contributed by atoms with Gasteiger partial charge in [0.15, 0.2) is 0 Å². The lowest BCUT2D eigenvalue weighted by molar-refractivity contribution is 0.337. The van der Waals surface area contributed by atoms with Gasteiger partial charge in [0.25, 0.3) is 0 Å². The van der Waals surface area contributed by atoms with Gasteiger partial charge in [0.05, 0.1) is 6.61 Å². The standard InChI is InChI=1S/C16H26N2O/c1-3-19-16-5-4-14(12-13(16)2)6-11-18-15-7-9-17-10-8-15/h4-5,12,15,17-18H,3,6-11H2,1-2H3. The molecule has 0 aromatic heterocycles. The highest BCUT2D eigenvalue weighted by atomic mass is 16.5. The molecule has 106 valence electrons. The van der Waals surface area contributed by atoms with Gasteiger partial charge in [0.2, 0.25) is 0 Å². The van der Waals surface area contributed by atoms with Crippen LogP contribution in [0, 0.1) is 6.92 Å². The van der Waals surface area contributed by atoms with E-state index < -0.39 is 0 Å². The maximum absolute atomic E-state index is 5.57. The van der Waals surface area contributed by atoms with Crippen molar-refractivity contribution < 1.29 is 4.74 Å². The molecule has 1 aliphatic rings. The Morgan fingerprint density at radius 3 is 2.79 bits per heavy atom. The van der Waals surface area contributed by atoms with Gasteiger partial charge in [-0.25, -0.2) is 0 Å². The summed E-state index contributed by atoms with van der Waals surface area (Å²) >= 11 is 0. The smallest absolute Gasteiger partial charge is 0.122 e. The number of piperidine rings is 1. The molecule has 0 spiro atoms. The fourth-order valence-electron chi connectivity index (χ4n) is 2.63. The van der Waals surface area contributed by atoms with Gasteiger partial charge in [-0.3, -0.25) is 0 Å². The Morgan fingerprint density at radius 2 is 2.11 bits per heavy atom. The Morgan fingerprint density at radius 1 is 1.32 bits per heavy atom. The predicted octanol–water partition coefficient (Wildman–Crippen LogP) is 2.28. The first kappa shape index (κ1) is 14.4. The maximum atomic E-state index is 5.57. The third-order valence-electron chi connectivity index (χ3n) is 3.73. The lowest BCUT2D eigenvalue weighted by Crippen LogP contribution is -2.40. The molecule has 19 heavy (non-hydrogen) atoms. The maximum Gasteiger partial charge on any atom is 0.122 e. The molecule has 2 N–H and O–H groups in total. The summed E-state index contributed by atoms with van der Waals surface area (Å²) in [5.41, 5.74) is 2.63. The van der Waals surface area contributed by atoms with Crippen molar-refractivity contribution in [1.29, 1.82) is 0 Å². The monoisotopic (exact) mass is 262 g/mol. The Bertz CT molecular complexity index is 386. The highest BCUT2D eigenvalue weighted by Gasteiger charge is 2.11. The van der Waals surface area contributed by atoms with Crippen LogP contribution in [0.3, 0.4) is 0 Å². The van der Waals surface area contributed by atoms with Crippen LogP contribution >= 0.6 is 0 Å². The Hall–Kier alpha value is -1.06. The normalized spacial score (nSPS) is 16.5. The lowest BCUT2D eigenvalue weighted by atomic mass is 10.1. The van der Waals surface area contributed by atoms with Gasteiger partial charge in [0.1, 0.15) is 5.75 Å². The summed E-state index contributed by atoms with van der Waals surface area (Å²) in [6.07, 6.45) is 3.60. The molecule has 0 radical (unpaired) electrons. The fraction of sp³-hybridized carbons (Fsp3) is 0.625. The molecule has 1 heterocycles. The van der Waals surface area contributed by atoms with Crippen molar-refractivity contribution in [2.24, 2.45) is 0 Å². The van der Waals surface area contributed by atoms with Crippen molar-refractivity contribution in [3.63, 3.8) is 0 Å². The second kappa shape index (κ2) is 7.51. The van der Waals surface area contributed by atoms with E-state index in [2.05, 4.69) is 35.8 Å². The Kier molecular flexibility index (Phi) is 5.67. The number of ether oxygens (including phenoxy) is 1. The molecule has 0 bridgehead atoms. The average Bonchev–Trinajstić information content (AvgIpc) is 2.43. The van der Waals surface area contributed by atoms with Crippen LogP contribution in [0.2, 0.25) is 0 Å². The molecule has 1 saturated heterocycles. The molecule has 0 amide bonds. The summed E-state index contributed by atoms with van der Waals surface area (Å²) in [6.45, 7) is 8.25. The zero-order chi connectivity index (χ0) is 13.5. The van der Waals surface area contributed by atoms with Crippen molar-refractivity contribution in [2.45, 2.75) is 39.2 Å². The Labute approximate surface area is 116 Å². The number of nitrogens with one attached hydrogen (secondary N) is 2. The molecule has 2 rings (SSSR count). The zero-order valence-electron chi connectivity index (χ0n) is 12.2. The van der Waals surface area contributed by atoms with Gasteiger partial charge in [0, 0.05) is 6.04 Å². The minimum atomic E-state index is 0.699. The second-order valence-corrected chi connectivity index (χ2v) is 5.26.